The summed E-state index contributed by atoms with van der Waals surface area (Å²) >= 11 is 0. The highest BCUT2D eigenvalue weighted by Gasteiger charge is 2.31. The van der Waals surface area contributed by atoms with Gasteiger partial charge in [-0.15, -0.1) is 0 Å². The Hall–Kier alpha value is -3.26. The maximum Gasteiger partial charge on any atom is 0.318 e. The first kappa shape index (κ1) is 20.5. The number of ether oxygens (including phenoxy) is 1. The van der Waals surface area contributed by atoms with Gasteiger partial charge in [0.1, 0.15) is 5.92 Å². The number of esters is 1. The van der Waals surface area contributed by atoms with Crippen LogP contribution in [0.15, 0.2) is 71.9 Å². The lowest BCUT2D eigenvalue weighted by Crippen LogP contribution is -2.40. The predicted molar refractivity (Wildman–Crippen MR) is 107 cm³/mol. The first-order valence-corrected chi connectivity index (χ1v) is 10.5. The molecule has 3 rings (SSSR count). The molecule has 3 aromatic rings. The van der Waals surface area contributed by atoms with Gasteiger partial charge in [0.15, 0.2) is 0 Å². The van der Waals surface area contributed by atoms with Gasteiger partial charge >= 0.3 is 5.97 Å². The third-order valence-corrected chi connectivity index (χ3v) is 5.69. The summed E-state index contributed by atoms with van der Waals surface area (Å²) in [6.45, 7) is 1.70. The summed E-state index contributed by atoms with van der Waals surface area (Å²) in [7, 11) is -4.16. The highest BCUT2D eigenvalue weighted by atomic mass is 32.2. The van der Waals surface area contributed by atoms with E-state index in [4.69, 9.17) is 4.74 Å². The monoisotopic (exact) mass is 412 g/mol. The predicted octanol–water partition coefficient (Wildman–Crippen LogP) is 2.46. The van der Waals surface area contributed by atoms with Crippen LogP contribution in [-0.2, 0) is 30.8 Å². The van der Waals surface area contributed by atoms with Gasteiger partial charge in [0, 0.05) is 12.4 Å². The number of carbonyl (C=O) groups is 2. The molecule has 1 heterocycles. The van der Waals surface area contributed by atoms with Crippen LogP contribution in [0.3, 0.4) is 0 Å². The Kier molecular flexibility index (Phi) is 6.23. The third-order valence-electron chi connectivity index (χ3n) is 4.34. The Bertz CT molecular complexity index is 1130. The molecule has 29 heavy (non-hydrogen) atoms. The Morgan fingerprint density at radius 3 is 2.41 bits per heavy atom. The quantitative estimate of drug-likeness (QED) is 0.472. The van der Waals surface area contributed by atoms with Crippen LogP contribution in [0.2, 0.25) is 0 Å². The second-order valence-corrected chi connectivity index (χ2v) is 8.03. The van der Waals surface area contributed by atoms with E-state index >= 15 is 0 Å². The van der Waals surface area contributed by atoms with Crippen molar-refractivity contribution < 1.29 is 22.7 Å². The molecule has 1 aromatic heterocycles. The highest BCUT2D eigenvalue weighted by molar-refractivity contribution is 7.90. The lowest BCUT2D eigenvalue weighted by atomic mass is 10.00. The molecule has 0 radical (unpaired) electrons. The highest BCUT2D eigenvalue weighted by Crippen LogP contribution is 2.19. The van der Waals surface area contributed by atoms with Crippen molar-refractivity contribution in [3.8, 4) is 0 Å². The van der Waals surface area contributed by atoms with Gasteiger partial charge in [0.2, 0.25) is 5.91 Å². The fourth-order valence-corrected chi connectivity index (χ4v) is 3.93. The van der Waals surface area contributed by atoms with E-state index in [2.05, 4.69) is 4.98 Å². The normalized spacial score (nSPS) is 12.3. The summed E-state index contributed by atoms with van der Waals surface area (Å²) in [5.74, 6) is -3.02. The zero-order valence-electron chi connectivity index (χ0n) is 15.7. The molecule has 0 saturated carbocycles. The van der Waals surface area contributed by atoms with Gasteiger partial charge in [-0.3, -0.25) is 14.6 Å². The summed E-state index contributed by atoms with van der Waals surface area (Å²) in [6.07, 6.45) is 3.06. The Morgan fingerprint density at radius 2 is 1.72 bits per heavy atom. The van der Waals surface area contributed by atoms with Crippen LogP contribution in [0.25, 0.3) is 10.8 Å². The fraction of sp³-hybridized carbons (Fsp3) is 0.190. The molecule has 0 spiro atoms. The molecule has 1 N–H and O–H groups in total. The molecule has 0 aliphatic heterocycles. The minimum absolute atomic E-state index is 0.000424. The summed E-state index contributed by atoms with van der Waals surface area (Å²) < 4.78 is 32.4. The fourth-order valence-electron chi connectivity index (χ4n) is 2.88. The molecular formula is C21H20N2O5S. The van der Waals surface area contributed by atoms with Crippen LogP contribution in [0.1, 0.15) is 12.5 Å². The summed E-state index contributed by atoms with van der Waals surface area (Å²) in [5.41, 5.74) is 0.663. The van der Waals surface area contributed by atoms with Gasteiger partial charge in [-0.1, -0.05) is 30.3 Å². The average molecular weight is 412 g/mol. The number of nitrogens with zero attached hydrogens (tertiary/aromatic N) is 1. The molecular weight excluding hydrogens is 392 g/mol. The largest absolute Gasteiger partial charge is 0.465 e. The lowest BCUT2D eigenvalue weighted by Gasteiger charge is -2.16. The van der Waals surface area contributed by atoms with Crippen molar-refractivity contribution in [2.24, 2.45) is 5.92 Å². The van der Waals surface area contributed by atoms with Crippen molar-refractivity contribution in [3.63, 3.8) is 0 Å². The molecule has 0 fully saturated rings. The number of amides is 1. The van der Waals surface area contributed by atoms with Gasteiger partial charge in [-0.25, -0.2) is 13.1 Å². The van der Waals surface area contributed by atoms with E-state index in [1.807, 2.05) is 16.9 Å². The van der Waals surface area contributed by atoms with E-state index in [1.54, 1.807) is 37.3 Å². The Labute approximate surface area is 168 Å². The average Bonchev–Trinajstić information content (AvgIpc) is 2.72. The number of pyridine rings is 1. The van der Waals surface area contributed by atoms with Crippen molar-refractivity contribution in [1.29, 1.82) is 0 Å². The number of nitrogens with one attached hydrogen (secondary N) is 1. The first-order chi connectivity index (χ1) is 13.9. The molecule has 1 unspecified atom stereocenters. The molecule has 8 heteroatoms. The third kappa shape index (κ3) is 4.97. The second-order valence-electron chi connectivity index (χ2n) is 6.34. The number of carbonyl (C=O) groups excluding carboxylic acids is 2. The van der Waals surface area contributed by atoms with Crippen LogP contribution in [-0.4, -0.2) is 31.9 Å². The lowest BCUT2D eigenvalue weighted by molar-refractivity contribution is -0.151. The number of rotatable bonds is 7. The molecule has 2 aromatic carbocycles. The standard InChI is InChI=1S/C21H20N2O5S/c1-2-28-21(25)19(13-15-9-11-22-12-10-15)20(24)23-29(26,27)18-8-7-16-5-3-4-6-17(16)14-18/h3-12,14,19H,2,13H2,1H3,(H,23,24). The number of aromatic nitrogens is 1. The maximum atomic E-state index is 12.7. The zero-order chi connectivity index (χ0) is 20.9. The molecule has 0 aliphatic carbocycles. The number of fused-ring (bicyclic) bond motifs is 1. The van der Waals surface area contributed by atoms with Crippen molar-refractivity contribution in [2.45, 2.75) is 18.2 Å². The number of sulfonamides is 1. The Balaban J connectivity index is 1.85. The molecule has 7 nitrogen and oxygen atoms in total. The van der Waals surface area contributed by atoms with E-state index in [0.29, 0.717) is 5.56 Å². The van der Waals surface area contributed by atoms with Crippen molar-refractivity contribution in [2.75, 3.05) is 6.61 Å². The minimum Gasteiger partial charge on any atom is -0.465 e. The molecule has 1 atom stereocenters. The van der Waals surface area contributed by atoms with Gasteiger partial charge in [0.25, 0.3) is 10.0 Å². The van der Waals surface area contributed by atoms with Gasteiger partial charge in [0.05, 0.1) is 11.5 Å². The topological polar surface area (TPSA) is 102 Å². The maximum absolute atomic E-state index is 12.7. The zero-order valence-corrected chi connectivity index (χ0v) is 16.6. The summed E-state index contributed by atoms with van der Waals surface area (Å²) in [4.78, 5) is 28.8. The summed E-state index contributed by atoms with van der Waals surface area (Å²) in [6, 6.07) is 15.1. The van der Waals surface area contributed by atoms with Crippen LogP contribution in [0, 0.1) is 5.92 Å². The Morgan fingerprint density at radius 1 is 1.03 bits per heavy atom. The minimum atomic E-state index is -4.16. The van der Waals surface area contributed by atoms with Crippen molar-refractivity contribution in [1.82, 2.24) is 9.71 Å². The molecule has 150 valence electrons. The molecule has 0 saturated heterocycles. The molecule has 0 bridgehead atoms. The number of benzene rings is 2. The second kappa shape index (κ2) is 8.83. The van der Waals surface area contributed by atoms with E-state index in [9.17, 15) is 18.0 Å². The van der Waals surface area contributed by atoms with Crippen molar-refractivity contribution >= 4 is 32.7 Å². The number of hydrogen-bond acceptors (Lipinski definition) is 6. The van der Waals surface area contributed by atoms with Crippen LogP contribution < -0.4 is 4.72 Å². The number of hydrogen-bond donors (Lipinski definition) is 1. The molecule has 1 amide bonds. The molecule has 0 aliphatic rings. The SMILES string of the molecule is CCOC(=O)C(Cc1ccncc1)C(=O)NS(=O)(=O)c1ccc2ccccc2c1. The van der Waals surface area contributed by atoms with Gasteiger partial charge < -0.3 is 4.74 Å². The van der Waals surface area contributed by atoms with Gasteiger partial charge in [-0.2, -0.15) is 0 Å². The van der Waals surface area contributed by atoms with Gasteiger partial charge in [-0.05, 0) is 53.9 Å². The summed E-state index contributed by atoms with van der Waals surface area (Å²) in [5, 5.41) is 1.60. The smallest absolute Gasteiger partial charge is 0.318 e. The van der Waals surface area contributed by atoms with Crippen molar-refractivity contribution in [3.05, 3.63) is 72.6 Å². The van der Waals surface area contributed by atoms with E-state index in [0.717, 1.165) is 10.8 Å². The van der Waals surface area contributed by atoms with E-state index < -0.39 is 27.8 Å². The van der Waals surface area contributed by atoms with E-state index in [1.165, 1.54) is 24.5 Å². The van der Waals surface area contributed by atoms with Crippen LogP contribution >= 0.6 is 0 Å². The first-order valence-electron chi connectivity index (χ1n) is 9.01. The van der Waals surface area contributed by atoms with Crippen LogP contribution in [0.4, 0.5) is 0 Å². The van der Waals surface area contributed by atoms with E-state index in [-0.39, 0.29) is 17.9 Å². The van der Waals surface area contributed by atoms with Crippen LogP contribution in [0.5, 0.6) is 0 Å².